The van der Waals surface area contributed by atoms with Crippen LogP contribution >= 0.6 is 23.5 Å². The molecule has 0 heterocycles. The molecule has 2 atom stereocenters. The summed E-state index contributed by atoms with van der Waals surface area (Å²) >= 11 is 3.61. The number of rotatable bonds is 8. The van der Waals surface area contributed by atoms with Gasteiger partial charge in [0.1, 0.15) is 0 Å². The highest BCUT2D eigenvalue weighted by Gasteiger charge is 2.20. The first kappa shape index (κ1) is 16.5. The van der Waals surface area contributed by atoms with Crippen molar-refractivity contribution in [3.63, 3.8) is 0 Å². The first-order chi connectivity index (χ1) is 10.3. The summed E-state index contributed by atoms with van der Waals surface area (Å²) in [5, 5.41) is 10.6. The fourth-order valence-corrected chi connectivity index (χ4v) is 4.44. The fraction of sp³-hybridized carbons (Fsp3) is 0.333. The number of aliphatic hydroxyl groups is 1. The lowest BCUT2D eigenvalue weighted by atomic mass is 10.1. The number of hydrogen-bond donors (Lipinski definition) is 1. The smallest absolute Gasteiger partial charge is 0.0670 e. The van der Waals surface area contributed by atoms with E-state index in [0.717, 1.165) is 18.6 Å². The van der Waals surface area contributed by atoms with E-state index >= 15 is 0 Å². The molecule has 0 aliphatic carbocycles. The third kappa shape index (κ3) is 5.77. The minimum atomic E-state index is -0.253. The van der Waals surface area contributed by atoms with E-state index in [0.29, 0.717) is 0 Å². The molecule has 3 heteroatoms. The zero-order valence-electron chi connectivity index (χ0n) is 12.3. The molecule has 0 bridgehead atoms. The van der Waals surface area contributed by atoms with Gasteiger partial charge in [0.15, 0.2) is 0 Å². The van der Waals surface area contributed by atoms with Gasteiger partial charge in [-0.25, -0.2) is 0 Å². The number of benzene rings is 2. The van der Waals surface area contributed by atoms with Crippen molar-refractivity contribution in [3.8, 4) is 0 Å². The first-order valence-electron chi connectivity index (χ1n) is 7.37. The van der Waals surface area contributed by atoms with Crippen LogP contribution < -0.4 is 0 Å². The topological polar surface area (TPSA) is 20.2 Å². The molecule has 1 nitrogen and oxygen atoms in total. The molecular weight excluding hydrogens is 296 g/mol. The van der Waals surface area contributed by atoms with Crippen molar-refractivity contribution in [3.05, 3.63) is 60.7 Å². The zero-order valence-corrected chi connectivity index (χ0v) is 13.9. The van der Waals surface area contributed by atoms with Crippen LogP contribution in [0.1, 0.15) is 19.8 Å². The molecule has 0 saturated heterocycles. The highest BCUT2D eigenvalue weighted by molar-refractivity contribution is 8.03. The second-order valence-electron chi connectivity index (χ2n) is 4.95. The quantitative estimate of drug-likeness (QED) is 0.684. The van der Waals surface area contributed by atoms with Crippen LogP contribution in [0, 0.1) is 0 Å². The van der Waals surface area contributed by atoms with E-state index < -0.39 is 0 Å². The molecular formula is C18H22OS2. The maximum absolute atomic E-state index is 10.4. The Labute approximate surface area is 136 Å². The number of thioether (sulfide) groups is 2. The van der Waals surface area contributed by atoms with E-state index in [-0.39, 0.29) is 11.4 Å². The Balaban J connectivity index is 1.98. The fourth-order valence-electron chi connectivity index (χ4n) is 2.07. The lowest BCUT2D eigenvalue weighted by molar-refractivity contribution is 0.166. The third-order valence-corrected chi connectivity index (χ3v) is 5.87. The van der Waals surface area contributed by atoms with Crippen LogP contribution in [0.3, 0.4) is 0 Å². The van der Waals surface area contributed by atoms with Crippen LogP contribution in [0.15, 0.2) is 70.5 Å². The van der Waals surface area contributed by atoms with Crippen molar-refractivity contribution in [2.75, 3.05) is 5.75 Å². The minimum absolute atomic E-state index is 0.220. The van der Waals surface area contributed by atoms with Gasteiger partial charge in [-0.1, -0.05) is 49.7 Å². The summed E-state index contributed by atoms with van der Waals surface area (Å²) < 4.78 is 0. The second-order valence-corrected chi connectivity index (χ2v) is 7.36. The summed E-state index contributed by atoms with van der Waals surface area (Å²) in [4.78, 5) is 2.49. The monoisotopic (exact) mass is 318 g/mol. The molecule has 112 valence electrons. The van der Waals surface area contributed by atoms with Crippen LogP contribution in [0.4, 0.5) is 0 Å². The van der Waals surface area contributed by atoms with E-state index in [1.807, 2.05) is 23.9 Å². The van der Waals surface area contributed by atoms with Crippen molar-refractivity contribution in [2.24, 2.45) is 0 Å². The SMILES string of the molecule is CCC[C@H](O)[C@@H](CSc1ccccc1)Sc1ccccc1. The van der Waals surface area contributed by atoms with Crippen LogP contribution in [0.25, 0.3) is 0 Å². The Morgan fingerprint density at radius 3 is 2.05 bits per heavy atom. The molecule has 2 aromatic rings. The summed E-state index contributed by atoms with van der Waals surface area (Å²) in [5.41, 5.74) is 0. The van der Waals surface area contributed by atoms with Crippen LogP contribution in [0.2, 0.25) is 0 Å². The molecule has 0 fully saturated rings. The van der Waals surface area contributed by atoms with Gasteiger partial charge in [0.05, 0.1) is 6.10 Å². The normalized spacial score (nSPS) is 13.8. The molecule has 0 spiro atoms. The Kier molecular flexibility index (Phi) is 7.20. The average Bonchev–Trinajstić information content (AvgIpc) is 2.53. The Morgan fingerprint density at radius 1 is 0.905 bits per heavy atom. The molecule has 0 aliphatic rings. The van der Waals surface area contributed by atoms with Crippen LogP contribution in [0.5, 0.6) is 0 Å². The molecule has 2 aromatic carbocycles. The molecule has 2 rings (SSSR count). The predicted octanol–water partition coefficient (Wildman–Crippen LogP) is 5.10. The predicted molar refractivity (Wildman–Crippen MR) is 94.2 cm³/mol. The van der Waals surface area contributed by atoms with Gasteiger partial charge in [-0.3, -0.25) is 0 Å². The molecule has 0 radical (unpaired) electrons. The largest absolute Gasteiger partial charge is 0.392 e. The number of hydrogen-bond acceptors (Lipinski definition) is 3. The van der Waals surface area contributed by atoms with Crippen molar-refractivity contribution in [1.29, 1.82) is 0 Å². The van der Waals surface area contributed by atoms with Crippen LogP contribution in [-0.2, 0) is 0 Å². The van der Waals surface area contributed by atoms with Crippen molar-refractivity contribution < 1.29 is 5.11 Å². The maximum atomic E-state index is 10.4. The van der Waals surface area contributed by atoms with Crippen molar-refractivity contribution >= 4 is 23.5 Å². The molecule has 0 saturated carbocycles. The summed E-state index contributed by atoms with van der Waals surface area (Å²) in [5.74, 6) is 0.921. The Hall–Kier alpha value is -0.900. The van der Waals surface area contributed by atoms with E-state index in [1.54, 1.807) is 11.8 Å². The molecule has 0 aliphatic heterocycles. The van der Waals surface area contributed by atoms with Gasteiger partial charge in [-0.15, -0.1) is 23.5 Å². The zero-order chi connectivity index (χ0) is 14.9. The second kappa shape index (κ2) is 9.19. The van der Waals surface area contributed by atoms with Gasteiger partial charge in [0.25, 0.3) is 0 Å². The van der Waals surface area contributed by atoms with E-state index in [1.165, 1.54) is 9.79 Å². The van der Waals surface area contributed by atoms with Gasteiger partial charge >= 0.3 is 0 Å². The summed E-state index contributed by atoms with van der Waals surface area (Å²) in [6, 6.07) is 20.8. The van der Waals surface area contributed by atoms with E-state index in [2.05, 4.69) is 55.5 Å². The van der Waals surface area contributed by atoms with Gasteiger partial charge in [0, 0.05) is 20.8 Å². The van der Waals surface area contributed by atoms with Gasteiger partial charge in [0.2, 0.25) is 0 Å². The molecule has 0 unspecified atom stereocenters. The molecule has 0 amide bonds. The van der Waals surface area contributed by atoms with Crippen molar-refractivity contribution in [1.82, 2.24) is 0 Å². The minimum Gasteiger partial charge on any atom is -0.392 e. The van der Waals surface area contributed by atoms with Gasteiger partial charge < -0.3 is 5.11 Å². The van der Waals surface area contributed by atoms with Gasteiger partial charge in [-0.05, 0) is 30.7 Å². The summed E-state index contributed by atoms with van der Waals surface area (Å²) in [7, 11) is 0. The summed E-state index contributed by atoms with van der Waals surface area (Å²) in [6.45, 7) is 2.12. The highest BCUT2D eigenvalue weighted by atomic mass is 32.2. The Bertz CT molecular complexity index is 501. The average molecular weight is 319 g/mol. The van der Waals surface area contributed by atoms with Gasteiger partial charge in [-0.2, -0.15) is 0 Å². The lowest BCUT2D eigenvalue weighted by Gasteiger charge is -2.22. The Morgan fingerprint density at radius 2 is 1.48 bits per heavy atom. The van der Waals surface area contributed by atoms with E-state index in [4.69, 9.17) is 0 Å². The first-order valence-corrected chi connectivity index (χ1v) is 9.23. The van der Waals surface area contributed by atoms with E-state index in [9.17, 15) is 5.11 Å². The lowest BCUT2D eigenvalue weighted by Crippen LogP contribution is -2.25. The molecule has 21 heavy (non-hydrogen) atoms. The summed E-state index contributed by atoms with van der Waals surface area (Å²) in [6.07, 6.45) is 1.62. The third-order valence-electron chi connectivity index (χ3n) is 3.20. The van der Waals surface area contributed by atoms with Crippen molar-refractivity contribution in [2.45, 2.75) is 40.9 Å². The molecule has 0 aromatic heterocycles. The molecule has 1 N–H and O–H groups in total. The number of aliphatic hydroxyl groups excluding tert-OH is 1. The standard InChI is InChI=1S/C18H22OS2/c1-2-9-17(19)18(21-16-12-7-4-8-13-16)14-20-15-10-5-3-6-11-15/h3-8,10-13,17-19H,2,9,14H2,1H3/t17-,18+/m0/s1. The van der Waals surface area contributed by atoms with Crippen LogP contribution in [-0.4, -0.2) is 22.2 Å². The highest BCUT2D eigenvalue weighted by Crippen LogP contribution is 2.31. The maximum Gasteiger partial charge on any atom is 0.0670 e.